The van der Waals surface area contributed by atoms with Gasteiger partial charge in [0.25, 0.3) is 5.91 Å². The summed E-state index contributed by atoms with van der Waals surface area (Å²) in [6.07, 6.45) is 0.412. The maximum atomic E-state index is 13.3. The monoisotopic (exact) mass is 425 g/mol. The van der Waals surface area contributed by atoms with Crippen LogP contribution in [0.4, 0.5) is 0 Å². The van der Waals surface area contributed by atoms with Gasteiger partial charge in [-0.1, -0.05) is 44.2 Å². The lowest BCUT2D eigenvalue weighted by atomic mass is 10.1. The molecule has 1 aliphatic rings. The average molecular weight is 426 g/mol. The maximum Gasteiger partial charge on any atom is 0.274 e. The van der Waals surface area contributed by atoms with E-state index in [1.54, 1.807) is 4.90 Å². The molecule has 0 aliphatic carbocycles. The number of aromatic nitrogens is 1. The average Bonchev–Trinajstić information content (AvgIpc) is 2.72. The van der Waals surface area contributed by atoms with Gasteiger partial charge in [-0.3, -0.25) is 14.4 Å². The molecule has 3 rings (SSSR count). The Morgan fingerprint density at radius 3 is 2.45 bits per heavy atom. The number of fused-ring (bicyclic) bond motifs is 1. The topological polar surface area (TPSA) is 80.6 Å². The number of ether oxygens (including phenoxy) is 1. The molecule has 1 N–H and O–H groups in total. The minimum atomic E-state index is -0.353. The Morgan fingerprint density at radius 1 is 1.10 bits per heavy atom. The van der Waals surface area contributed by atoms with Gasteiger partial charge in [0.05, 0.1) is 6.54 Å². The first-order valence-corrected chi connectivity index (χ1v) is 10.8. The lowest BCUT2D eigenvalue weighted by Crippen LogP contribution is -2.46. The summed E-state index contributed by atoms with van der Waals surface area (Å²) < 4.78 is 7.70. The van der Waals surface area contributed by atoms with Gasteiger partial charge in [0.2, 0.25) is 11.3 Å². The fraction of sp³-hybridized carbons (Fsp3) is 0.458. The molecule has 0 radical (unpaired) electrons. The number of amides is 2. The summed E-state index contributed by atoms with van der Waals surface area (Å²) in [7, 11) is 0. The molecule has 0 fully saturated rings. The second-order valence-electron chi connectivity index (χ2n) is 8.57. The van der Waals surface area contributed by atoms with Crippen molar-refractivity contribution >= 4 is 11.8 Å². The maximum absolute atomic E-state index is 13.3. The lowest BCUT2D eigenvalue weighted by molar-refractivity contribution is -0.121. The Balaban J connectivity index is 1.95. The van der Waals surface area contributed by atoms with Crippen molar-refractivity contribution in [2.75, 3.05) is 6.54 Å². The van der Waals surface area contributed by atoms with Crippen LogP contribution in [0.25, 0.3) is 0 Å². The second kappa shape index (κ2) is 9.81. The highest BCUT2D eigenvalue weighted by atomic mass is 16.5. The number of nitrogens with one attached hydrogen (secondary N) is 1. The third-order valence-electron chi connectivity index (χ3n) is 5.29. The van der Waals surface area contributed by atoms with Gasteiger partial charge in [-0.05, 0) is 25.3 Å². The summed E-state index contributed by atoms with van der Waals surface area (Å²) in [5.41, 5.74) is 1.43. The Kier molecular flexibility index (Phi) is 7.15. The smallest absolute Gasteiger partial charge is 0.274 e. The van der Waals surface area contributed by atoms with Crippen LogP contribution in [0.3, 0.4) is 0 Å². The zero-order valence-corrected chi connectivity index (χ0v) is 18.7. The van der Waals surface area contributed by atoms with Crippen molar-refractivity contribution in [2.45, 2.75) is 59.9 Å². The number of rotatable bonds is 8. The first kappa shape index (κ1) is 22.6. The van der Waals surface area contributed by atoms with Gasteiger partial charge < -0.3 is 19.5 Å². The van der Waals surface area contributed by atoms with Crippen molar-refractivity contribution in [3.63, 3.8) is 0 Å². The van der Waals surface area contributed by atoms with Crippen molar-refractivity contribution in [1.82, 2.24) is 14.8 Å². The molecular formula is C24H31N3O4. The second-order valence-corrected chi connectivity index (χ2v) is 8.57. The summed E-state index contributed by atoms with van der Waals surface area (Å²) >= 11 is 0. The molecule has 1 aromatic carbocycles. The van der Waals surface area contributed by atoms with E-state index in [4.69, 9.17) is 4.74 Å². The van der Waals surface area contributed by atoms with Crippen LogP contribution < -0.4 is 15.5 Å². The predicted molar refractivity (Wildman–Crippen MR) is 119 cm³/mol. The van der Waals surface area contributed by atoms with Crippen molar-refractivity contribution in [1.29, 1.82) is 0 Å². The summed E-state index contributed by atoms with van der Waals surface area (Å²) in [5.74, 6) is 0.00644. The Bertz CT molecular complexity index is 996. The fourth-order valence-electron chi connectivity index (χ4n) is 3.73. The van der Waals surface area contributed by atoms with E-state index in [1.807, 2.05) is 62.6 Å². The van der Waals surface area contributed by atoms with Crippen LogP contribution in [0.15, 0.2) is 41.2 Å². The molecule has 7 nitrogen and oxygen atoms in total. The molecule has 0 bridgehead atoms. The van der Waals surface area contributed by atoms with Gasteiger partial charge >= 0.3 is 0 Å². The largest absolute Gasteiger partial charge is 0.483 e. The van der Waals surface area contributed by atoms with Crippen LogP contribution >= 0.6 is 0 Å². The summed E-state index contributed by atoms with van der Waals surface area (Å²) in [4.78, 5) is 40.1. The normalized spacial score (nSPS) is 13.5. The zero-order valence-electron chi connectivity index (χ0n) is 18.7. The van der Waals surface area contributed by atoms with Crippen LogP contribution in [0.1, 0.15) is 55.9 Å². The summed E-state index contributed by atoms with van der Waals surface area (Å²) in [6.45, 7) is 9.32. The third kappa shape index (κ3) is 5.34. The van der Waals surface area contributed by atoms with E-state index in [1.165, 1.54) is 6.07 Å². The van der Waals surface area contributed by atoms with E-state index in [-0.39, 0.29) is 53.8 Å². The first-order valence-electron chi connectivity index (χ1n) is 10.8. The number of hydrogen-bond donors (Lipinski definition) is 1. The highest BCUT2D eigenvalue weighted by molar-refractivity contribution is 5.96. The molecule has 0 saturated carbocycles. The van der Waals surface area contributed by atoms with Crippen molar-refractivity contribution in [3.8, 4) is 5.75 Å². The van der Waals surface area contributed by atoms with E-state index in [0.29, 0.717) is 25.2 Å². The molecule has 0 saturated heterocycles. The molecule has 166 valence electrons. The van der Waals surface area contributed by atoms with Gasteiger partial charge in [-0.25, -0.2) is 0 Å². The first-order chi connectivity index (χ1) is 14.8. The molecule has 0 spiro atoms. The molecule has 1 aliphatic heterocycles. The van der Waals surface area contributed by atoms with E-state index in [2.05, 4.69) is 5.32 Å². The van der Waals surface area contributed by atoms with Crippen LogP contribution in [0.5, 0.6) is 5.75 Å². The molecule has 1 aromatic heterocycles. The number of pyridine rings is 1. The molecule has 2 amide bonds. The lowest BCUT2D eigenvalue weighted by Gasteiger charge is -2.35. The molecule has 0 unspecified atom stereocenters. The molecule has 2 aromatic rings. The molecule has 31 heavy (non-hydrogen) atoms. The molecular weight excluding hydrogens is 394 g/mol. The predicted octanol–water partition coefficient (Wildman–Crippen LogP) is 2.95. The van der Waals surface area contributed by atoms with E-state index >= 15 is 0 Å². The number of carbonyl (C=O) groups is 2. The van der Waals surface area contributed by atoms with Crippen LogP contribution in [-0.2, 0) is 24.5 Å². The summed E-state index contributed by atoms with van der Waals surface area (Å²) in [5, 5.41) is 2.87. The van der Waals surface area contributed by atoms with Crippen molar-refractivity contribution < 1.29 is 14.3 Å². The van der Waals surface area contributed by atoms with Gasteiger partial charge in [-0.15, -0.1) is 0 Å². The Labute approximate surface area is 183 Å². The van der Waals surface area contributed by atoms with Crippen molar-refractivity contribution in [3.05, 3.63) is 63.6 Å². The highest BCUT2D eigenvalue weighted by Crippen LogP contribution is 2.24. The highest BCUT2D eigenvalue weighted by Gasteiger charge is 2.32. The van der Waals surface area contributed by atoms with Gasteiger partial charge in [0.15, 0.2) is 11.4 Å². The van der Waals surface area contributed by atoms with Gasteiger partial charge in [0, 0.05) is 37.3 Å². The van der Waals surface area contributed by atoms with Crippen molar-refractivity contribution in [2.24, 2.45) is 5.92 Å². The summed E-state index contributed by atoms with van der Waals surface area (Å²) in [6, 6.07) is 11.0. The minimum absolute atomic E-state index is 0.00715. The molecule has 7 heteroatoms. The van der Waals surface area contributed by atoms with Gasteiger partial charge in [0.1, 0.15) is 6.61 Å². The van der Waals surface area contributed by atoms with Crippen LogP contribution in [0.2, 0.25) is 0 Å². The van der Waals surface area contributed by atoms with E-state index in [9.17, 15) is 14.4 Å². The zero-order chi connectivity index (χ0) is 22.5. The quantitative estimate of drug-likeness (QED) is 0.705. The fourth-order valence-corrected chi connectivity index (χ4v) is 3.73. The van der Waals surface area contributed by atoms with E-state index < -0.39 is 0 Å². The van der Waals surface area contributed by atoms with E-state index in [0.717, 1.165) is 5.56 Å². The molecule has 0 atom stereocenters. The van der Waals surface area contributed by atoms with Crippen LogP contribution in [-0.4, -0.2) is 33.9 Å². The third-order valence-corrected chi connectivity index (χ3v) is 5.29. The number of nitrogens with zero attached hydrogens (tertiary/aromatic N) is 2. The Morgan fingerprint density at radius 2 is 1.81 bits per heavy atom. The SMILES string of the molecule is CC(C)CC(=O)NCc1cc(=O)c(OCc2ccccc2)c2n1CCN(C(C)C)C2=O. The minimum Gasteiger partial charge on any atom is -0.483 e. The number of hydrogen-bond acceptors (Lipinski definition) is 4. The van der Waals surface area contributed by atoms with Crippen LogP contribution in [0, 0.1) is 5.92 Å². The molecule has 2 heterocycles. The number of benzene rings is 1. The Hall–Kier alpha value is -3.09. The number of carbonyl (C=O) groups excluding carboxylic acids is 2. The standard InChI is InChI=1S/C24H31N3O4/c1-16(2)12-21(29)25-14-19-13-20(28)23(31-15-18-8-6-5-7-9-18)22-24(30)26(17(3)4)10-11-27(19)22/h5-9,13,16-17H,10-12,14-15H2,1-4H3,(H,25,29). The van der Waals surface area contributed by atoms with Gasteiger partial charge in [-0.2, -0.15) is 0 Å².